The van der Waals surface area contributed by atoms with Crippen molar-refractivity contribution in [2.75, 3.05) is 0 Å². The van der Waals surface area contributed by atoms with Gasteiger partial charge in [-0.05, 0) is 60.5 Å². The molecule has 6 heteroatoms. The molecule has 0 N–H and O–H groups in total. The largest absolute Gasteiger partial charge is 0.286 e. The van der Waals surface area contributed by atoms with Crippen molar-refractivity contribution in [3.05, 3.63) is 45.6 Å². The lowest BCUT2D eigenvalue weighted by Crippen LogP contribution is -2.02. The van der Waals surface area contributed by atoms with Gasteiger partial charge in [-0.25, -0.2) is 0 Å². The Kier molecular flexibility index (Phi) is 2.70. The van der Waals surface area contributed by atoms with Gasteiger partial charge in [-0.3, -0.25) is 4.57 Å². The van der Waals surface area contributed by atoms with E-state index >= 15 is 0 Å². The first kappa shape index (κ1) is 12.3. The molecule has 0 amide bonds. The molecule has 0 spiro atoms. The van der Waals surface area contributed by atoms with E-state index in [4.69, 9.17) is 0 Å². The minimum atomic E-state index is -0.434. The molecule has 0 saturated carbocycles. The number of aryl methyl sites for hydroxylation is 3. The minimum Gasteiger partial charge on any atom is -0.286 e. The van der Waals surface area contributed by atoms with Crippen molar-refractivity contribution in [2.45, 2.75) is 20.8 Å². The van der Waals surface area contributed by atoms with Crippen LogP contribution in [0, 0.1) is 26.7 Å². The fourth-order valence-corrected chi connectivity index (χ4v) is 2.42. The first-order chi connectivity index (χ1) is 8.99. The van der Waals surface area contributed by atoms with Gasteiger partial charge in [-0.2, -0.15) is 13.9 Å². The maximum atomic E-state index is 14.1. The van der Waals surface area contributed by atoms with Gasteiger partial charge in [0.1, 0.15) is 0 Å². The zero-order valence-corrected chi connectivity index (χ0v) is 12.4. The third-order valence-corrected chi connectivity index (χ3v) is 4.10. The van der Waals surface area contributed by atoms with Crippen molar-refractivity contribution >= 4 is 21.6 Å². The summed E-state index contributed by atoms with van der Waals surface area (Å²) >= 11 is 3.22. The topological polar surface area (TPSA) is 35.1 Å². The van der Waals surface area contributed by atoms with E-state index in [1.807, 2.05) is 37.5 Å². The fraction of sp³-hybridized carbons (Fsp3) is 0.231. The zero-order chi connectivity index (χ0) is 13.7. The fourth-order valence-electron chi connectivity index (χ4n) is 2.14. The summed E-state index contributed by atoms with van der Waals surface area (Å²) in [6.45, 7) is 5.76. The highest BCUT2D eigenvalue weighted by atomic mass is 79.9. The average molecular weight is 323 g/mol. The van der Waals surface area contributed by atoms with Crippen LogP contribution in [0.2, 0.25) is 0 Å². The van der Waals surface area contributed by atoms with Gasteiger partial charge >= 0.3 is 0 Å². The van der Waals surface area contributed by atoms with Crippen molar-refractivity contribution < 1.29 is 4.39 Å². The number of aromatic nitrogens is 4. The summed E-state index contributed by atoms with van der Waals surface area (Å²) in [5.41, 5.74) is 3.33. The molecule has 4 nitrogen and oxygen atoms in total. The lowest BCUT2D eigenvalue weighted by atomic mass is 10.3. The molecule has 0 unspecified atom stereocenters. The molecule has 98 valence electrons. The van der Waals surface area contributed by atoms with E-state index in [0.29, 0.717) is 16.1 Å². The van der Waals surface area contributed by atoms with Crippen LogP contribution >= 0.6 is 15.9 Å². The number of halogens is 2. The Labute approximate surface area is 118 Å². The quantitative estimate of drug-likeness (QED) is 0.644. The third-order valence-electron chi connectivity index (χ3n) is 3.15. The number of nitrogens with zero attached hydrogens (tertiary/aromatic N) is 4. The predicted octanol–water partition coefficient (Wildman–Crippen LogP) is 3.35. The second-order valence-electron chi connectivity index (χ2n) is 4.57. The SMILES string of the molecule is Cc1cc2nc(-n3c(C)ccc3C)nn2c(F)c1Br. The Hall–Kier alpha value is -1.69. The molecule has 3 aromatic heterocycles. The van der Waals surface area contributed by atoms with Crippen LogP contribution < -0.4 is 0 Å². The molecular formula is C13H12BrFN4. The van der Waals surface area contributed by atoms with Crippen LogP contribution in [0.25, 0.3) is 11.6 Å². The summed E-state index contributed by atoms with van der Waals surface area (Å²) in [6, 6.07) is 5.77. The number of fused-ring (bicyclic) bond motifs is 1. The first-order valence-electron chi connectivity index (χ1n) is 5.85. The molecule has 0 aliphatic rings. The van der Waals surface area contributed by atoms with Crippen molar-refractivity contribution in [3.8, 4) is 5.95 Å². The van der Waals surface area contributed by atoms with Gasteiger partial charge < -0.3 is 0 Å². The monoisotopic (exact) mass is 322 g/mol. The van der Waals surface area contributed by atoms with Crippen LogP contribution in [-0.2, 0) is 0 Å². The van der Waals surface area contributed by atoms with Gasteiger partial charge in [0, 0.05) is 11.4 Å². The van der Waals surface area contributed by atoms with E-state index in [9.17, 15) is 4.39 Å². The molecule has 3 rings (SSSR count). The third kappa shape index (κ3) is 1.78. The van der Waals surface area contributed by atoms with E-state index in [-0.39, 0.29) is 0 Å². The summed E-state index contributed by atoms with van der Waals surface area (Å²) in [5, 5.41) is 4.24. The first-order valence-corrected chi connectivity index (χ1v) is 6.65. The Morgan fingerprint density at radius 1 is 1.16 bits per heavy atom. The molecule has 0 bridgehead atoms. The zero-order valence-electron chi connectivity index (χ0n) is 10.8. The molecule has 0 aromatic carbocycles. The highest BCUT2D eigenvalue weighted by Gasteiger charge is 2.15. The summed E-state index contributed by atoms with van der Waals surface area (Å²) in [6.07, 6.45) is 0. The van der Waals surface area contributed by atoms with Crippen molar-refractivity contribution in [2.24, 2.45) is 0 Å². The lowest BCUT2D eigenvalue weighted by Gasteiger charge is -2.02. The molecule has 0 atom stereocenters. The van der Waals surface area contributed by atoms with E-state index in [2.05, 4.69) is 26.0 Å². The van der Waals surface area contributed by atoms with Crippen LogP contribution in [0.15, 0.2) is 22.7 Å². The Bertz CT molecular complexity index is 768. The molecule has 0 aliphatic heterocycles. The molecule has 0 saturated heterocycles. The van der Waals surface area contributed by atoms with Crippen molar-refractivity contribution in [1.82, 2.24) is 19.2 Å². The predicted molar refractivity (Wildman–Crippen MR) is 74.2 cm³/mol. The Morgan fingerprint density at radius 2 is 1.79 bits per heavy atom. The number of pyridine rings is 1. The number of hydrogen-bond acceptors (Lipinski definition) is 2. The van der Waals surface area contributed by atoms with Crippen molar-refractivity contribution in [3.63, 3.8) is 0 Å². The molecule has 0 radical (unpaired) electrons. The van der Waals surface area contributed by atoms with E-state index < -0.39 is 5.95 Å². The van der Waals surface area contributed by atoms with Crippen molar-refractivity contribution in [1.29, 1.82) is 0 Å². The normalized spacial score (nSPS) is 11.4. The van der Waals surface area contributed by atoms with Crippen LogP contribution in [0.3, 0.4) is 0 Å². The maximum absolute atomic E-state index is 14.1. The number of rotatable bonds is 1. The van der Waals surface area contributed by atoms with Crippen LogP contribution in [-0.4, -0.2) is 19.2 Å². The molecule has 19 heavy (non-hydrogen) atoms. The smallest absolute Gasteiger partial charge is 0.254 e. The minimum absolute atomic E-state index is 0.414. The standard InChI is InChI=1S/C13H12BrFN4/c1-7-6-10-16-13(17-19(10)12(15)11(7)14)18-8(2)4-5-9(18)3/h4-6H,1-3H3. The van der Waals surface area contributed by atoms with Crippen LogP contribution in [0.4, 0.5) is 4.39 Å². The van der Waals surface area contributed by atoms with E-state index in [0.717, 1.165) is 17.0 Å². The van der Waals surface area contributed by atoms with E-state index in [1.165, 1.54) is 4.52 Å². The van der Waals surface area contributed by atoms with Crippen LogP contribution in [0.5, 0.6) is 0 Å². The Morgan fingerprint density at radius 3 is 2.42 bits per heavy atom. The van der Waals surface area contributed by atoms with E-state index in [1.54, 1.807) is 6.07 Å². The highest BCUT2D eigenvalue weighted by Crippen LogP contribution is 2.22. The van der Waals surface area contributed by atoms with Gasteiger partial charge in [-0.1, -0.05) is 0 Å². The van der Waals surface area contributed by atoms with Gasteiger partial charge in [0.2, 0.25) is 5.95 Å². The van der Waals surface area contributed by atoms with Gasteiger partial charge in [-0.15, -0.1) is 5.10 Å². The van der Waals surface area contributed by atoms with Gasteiger partial charge in [0.25, 0.3) is 5.95 Å². The maximum Gasteiger partial charge on any atom is 0.254 e. The molecule has 0 aliphatic carbocycles. The van der Waals surface area contributed by atoms with Gasteiger partial charge in [0.15, 0.2) is 5.65 Å². The second-order valence-corrected chi connectivity index (χ2v) is 5.36. The molecule has 0 fully saturated rings. The lowest BCUT2D eigenvalue weighted by molar-refractivity contribution is 0.535. The summed E-state index contributed by atoms with van der Waals surface area (Å²) < 4.78 is 17.6. The highest BCUT2D eigenvalue weighted by molar-refractivity contribution is 9.10. The number of hydrogen-bond donors (Lipinski definition) is 0. The molecule has 3 heterocycles. The molecule has 3 aromatic rings. The average Bonchev–Trinajstić information content (AvgIpc) is 2.90. The Balaban J connectivity index is 2.31. The summed E-state index contributed by atoms with van der Waals surface area (Å²) in [7, 11) is 0. The molecular weight excluding hydrogens is 311 g/mol. The van der Waals surface area contributed by atoms with Gasteiger partial charge in [0.05, 0.1) is 4.47 Å². The summed E-state index contributed by atoms with van der Waals surface area (Å²) in [4.78, 5) is 4.39. The summed E-state index contributed by atoms with van der Waals surface area (Å²) in [5.74, 6) is 0.0487. The van der Waals surface area contributed by atoms with Crippen LogP contribution in [0.1, 0.15) is 17.0 Å². The second kappa shape index (κ2) is 4.16.